The molecule has 64 valence electrons. The number of benzene rings is 1. The normalized spacial score (nSPS) is 12.5. The molecule has 0 bridgehead atoms. The third-order valence-corrected chi connectivity index (χ3v) is 2.09. The highest BCUT2D eigenvalue weighted by Crippen LogP contribution is 2.11. The Labute approximate surface area is 79.9 Å². The first-order valence-corrected chi connectivity index (χ1v) is 4.47. The van der Waals surface area contributed by atoms with Gasteiger partial charge in [-0.05, 0) is 24.1 Å². The predicted molar refractivity (Wildman–Crippen MR) is 51.9 cm³/mol. The summed E-state index contributed by atoms with van der Waals surface area (Å²) in [5.74, 6) is 0. The lowest BCUT2D eigenvalue weighted by atomic mass is 10.1. The first-order chi connectivity index (χ1) is 5.72. The number of nitrogens with two attached hydrogens (primary N) is 1. The van der Waals surface area contributed by atoms with Gasteiger partial charge >= 0.3 is 0 Å². The highest BCUT2D eigenvalue weighted by Gasteiger charge is 2.00. The fraction of sp³-hybridized carbons (Fsp3) is 0.222. The summed E-state index contributed by atoms with van der Waals surface area (Å²) in [5.41, 5.74) is 6.54. The van der Waals surface area contributed by atoms with Crippen molar-refractivity contribution < 1.29 is 4.79 Å². The van der Waals surface area contributed by atoms with Crippen LogP contribution in [0.4, 0.5) is 0 Å². The minimum atomic E-state index is -0.383. The fourth-order valence-corrected chi connectivity index (χ4v) is 1.21. The van der Waals surface area contributed by atoms with E-state index < -0.39 is 0 Å². The van der Waals surface area contributed by atoms with E-state index in [0.717, 1.165) is 16.3 Å². The first kappa shape index (κ1) is 9.42. The zero-order valence-corrected chi connectivity index (χ0v) is 8.12. The molecule has 0 radical (unpaired) electrons. The summed E-state index contributed by atoms with van der Waals surface area (Å²) in [6, 6.07) is 7.40. The first-order valence-electron chi connectivity index (χ1n) is 3.67. The molecule has 0 unspecified atom stereocenters. The maximum atomic E-state index is 10.2. The average molecular weight is 228 g/mol. The van der Waals surface area contributed by atoms with Gasteiger partial charge in [0, 0.05) is 4.47 Å². The number of carbonyl (C=O) groups is 1. The van der Waals surface area contributed by atoms with Crippen molar-refractivity contribution in [2.24, 2.45) is 5.73 Å². The Morgan fingerprint density at radius 2 is 2.00 bits per heavy atom. The number of hydrogen-bond acceptors (Lipinski definition) is 2. The smallest absolute Gasteiger partial charge is 0.137 e. The minimum Gasteiger partial charge on any atom is -0.321 e. The lowest BCUT2D eigenvalue weighted by Gasteiger charge is -2.03. The molecule has 0 aromatic heterocycles. The van der Waals surface area contributed by atoms with Crippen LogP contribution in [0.15, 0.2) is 28.7 Å². The SMILES string of the molecule is N[C@@H](C=O)Cc1ccc(Br)cc1. The molecule has 0 saturated heterocycles. The van der Waals surface area contributed by atoms with Crippen LogP contribution in [0.25, 0.3) is 0 Å². The van der Waals surface area contributed by atoms with Gasteiger partial charge in [-0.2, -0.15) is 0 Å². The van der Waals surface area contributed by atoms with Gasteiger partial charge in [-0.15, -0.1) is 0 Å². The van der Waals surface area contributed by atoms with E-state index in [-0.39, 0.29) is 6.04 Å². The molecule has 0 aliphatic heterocycles. The Bertz CT molecular complexity index is 258. The van der Waals surface area contributed by atoms with Crippen molar-refractivity contribution in [2.45, 2.75) is 12.5 Å². The summed E-state index contributed by atoms with van der Waals surface area (Å²) >= 11 is 3.33. The van der Waals surface area contributed by atoms with E-state index in [4.69, 9.17) is 5.73 Å². The van der Waals surface area contributed by atoms with Gasteiger partial charge < -0.3 is 10.5 Å². The second-order valence-electron chi connectivity index (χ2n) is 2.63. The fourth-order valence-electron chi connectivity index (χ4n) is 0.941. The van der Waals surface area contributed by atoms with Gasteiger partial charge in [-0.1, -0.05) is 28.1 Å². The number of hydrogen-bond donors (Lipinski definition) is 1. The van der Waals surface area contributed by atoms with E-state index in [9.17, 15) is 4.79 Å². The molecule has 2 nitrogen and oxygen atoms in total. The van der Waals surface area contributed by atoms with Crippen LogP contribution in [0.5, 0.6) is 0 Å². The zero-order valence-electron chi connectivity index (χ0n) is 6.53. The topological polar surface area (TPSA) is 43.1 Å². The number of rotatable bonds is 3. The molecule has 12 heavy (non-hydrogen) atoms. The second kappa shape index (κ2) is 4.38. The van der Waals surface area contributed by atoms with Gasteiger partial charge in [-0.3, -0.25) is 0 Å². The molecule has 2 N–H and O–H groups in total. The summed E-state index contributed by atoms with van der Waals surface area (Å²) in [6.45, 7) is 0. The second-order valence-corrected chi connectivity index (χ2v) is 3.55. The maximum Gasteiger partial charge on any atom is 0.137 e. The van der Waals surface area contributed by atoms with E-state index in [1.807, 2.05) is 24.3 Å². The van der Waals surface area contributed by atoms with Crippen LogP contribution in [0.1, 0.15) is 5.56 Å². The summed E-state index contributed by atoms with van der Waals surface area (Å²) in [5, 5.41) is 0. The van der Waals surface area contributed by atoms with E-state index in [1.54, 1.807) is 0 Å². The molecule has 0 saturated carbocycles. The van der Waals surface area contributed by atoms with Crippen LogP contribution < -0.4 is 5.73 Å². The highest BCUT2D eigenvalue weighted by molar-refractivity contribution is 9.10. The van der Waals surface area contributed by atoms with Gasteiger partial charge in [0.05, 0.1) is 6.04 Å². The van der Waals surface area contributed by atoms with Crippen LogP contribution in [0.3, 0.4) is 0 Å². The Morgan fingerprint density at radius 1 is 1.42 bits per heavy atom. The molecule has 3 heteroatoms. The largest absolute Gasteiger partial charge is 0.321 e. The van der Waals surface area contributed by atoms with Gasteiger partial charge in [0.25, 0.3) is 0 Å². The molecule has 0 aliphatic carbocycles. The standard InChI is InChI=1S/C9H10BrNO/c10-8-3-1-7(2-4-8)5-9(11)6-12/h1-4,6,9H,5,11H2/t9-/m1/s1. The lowest BCUT2D eigenvalue weighted by molar-refractivity contribution is -0.108. The lowest BCUT2D eigenvalue weighted by Crippen LogP contribution is -2.23. The number of carbonyl (C=O) groups excluding carboxylic acids is 1. The highest BCUT2D eigenvalue weighted by atomic mass is 79.9. The van der Waals surface area contributed by atoms with Crippen LogP contribution in [-0.2, 0) is 11.2 Å². The number of halogens is 1. The number of aldehydes is 1. The van der Waals surface area contributed by atoms with Gasteiger partial charge in [0.1, 0.15) is 6.29 Å². The van der Waals surface area contributed by atoms with E-state index in [1.165, 1.54) is 0 Å². The molecule has 0 aliphatic rings. The molecular weight excluding hydrogens is 218 g/mol. The molecule has 1 aromatic carbocycles. The summed E-state index contributed by atoms with van der Waals surface area (Å²) in [7, 11) is 0. The van der Waals surface area contributed by atoms with E-state index >= 15 is 0 Å². The summed E-state index contributed by atoms with van der Waals surface area (Å²) in [4.78, 5) is 10.2. The molecule has 1 aromatic rings. The third kappa shape index (κ3) is 2.75. The van der Waals surface area contributed by atoms with Crippen LogP contribution >= 0.6 is 15.9 Å². The molecule has 1 rings (SSSR count). The van der Waals surface area contributed by atoms with Crippen LogP contribution in [0.2, 0.25) is 0 Å². The van der Waals surface area contributed by atoms with Crippen molar-refractivity contribution in [3.05, 3.63) is 34.3 Å². The quantitative estimate of drug-likeness (QED) is 0.797. The Hall–Kier alpha value is -0.670. The van der Waals surface area contributed by atoms with Crippen molar-refractivity contribution >= 4 is 22.2 Å². The molecule has 0 fully saturated rings. The van der Waals surface area contributed by atoms with Crippen LogP contribution in [-0.4, -0.2) is 12.3 Å². The van der Waals surface area contributed by atoms with Crippen LogP contribution in [0, 0.1) is 0 Å². The van der Waals surface area contributed by atoms with Gasteiger partial charge in [-0.25, -0.2) is 0 Å². The molecular formula is C9H10BrNO. The molecule has 0 heterocycles. The van der Waals surface area contributed by atoms with E-state index in [2.05, 4.69) is 15.9 Å². The molecule has 1 atom stereocenters. The van der Waals surface area contributed by atoms with Gasteiger partial charge in [0.2, 0.25) is 0 Å². The summed E-state index contributed by atoms with van der Waals surface area (Å²) in [6.07, 6.45) is 1.37. The van der Waals surface area contributed by atoms with Crippen molar-refractivity contribution in [1.29, 1.82) is 0 Å². The van der Waals surface area contributed by atoms with Crippen molar-refractivity contribution in [3.8, 4) is 0 Å². The molecule has 0 amide bonds. The Kier molecular flexibility index (Phi) is 3.44. The zero-order chi connectivity index (χ0) is 8.97. The maximum absolute atomic E-state index is 10.2. The Balaban J connectivity index is 2.64. The van der Waals surface area contributed by atoms with Crippen molar-refractivity contribution in [3.63, 3.8) is 0 Å². The minimum absolute atomic E-state index is 0.383. The van der Waals surface area contributed by atoms with Gasteiger partial charge in [0.15, 0.2) is 0 Å². The average Bonchev–Trinajstić information content (AvgIpc) is 2.09. The monoisotopic (exact) mass is 227 g/mol. The van der Waals surface area contributed by atoms with E-state index in [0.29, 0.717) is 6.42 Å². The molecule has 0 spiro atoms. The Morgan fingerprint density at radius 3 is 2.50 bits per heavy atom. The van der Waals surface area contributed by atoms with Crippen molar-refractivity contribution in [1.82, 2.24) is 0 Å². The summed E-state index contributed by atoms with van der Waals surface area (Å²) < 4.78 is 1.03. The van der Waals surface area contributed by atoms with Crippen molar-refractivity contribution in [2.75, 3.05) is 0 Å². The third-order valence-electron chi connectivity index (χ3n) is 1.56. The predicted octanol–water partition coefficient (Wildman–Crippen LogP) is 1.52.